The second-order valence-corrected chi connectivity index (χ2v) is 6.05. The molecule has 5 heteroatoms. The summed E-state index contributed by atoms with van der Waals surface area (Å²) in [5, 5.41) is 8.78. The zero-order valence-electron chi connectivity index (χ0n) is 11.8. The smallest absolute Gasteiger partial charge is 0.294 e. The number of rotatable bonds is 5. The number of aliphatic hydroxyl groups is 1. The van der Waals surface area contributed by atoms with Crippen molar-refractivity contribution in [2.45, 2.75) is 57.5 Å². The van der Waals surface area contributed by atoms with Gasteiger partial charge in [0, 0.05) is 0 Å². The average Bonchev–Trinajstić information content (AvgIpc) is 2.29. The van der Waals surface area contributed by atoms with Crippen LogP contribution >= 0.6 is 0 Å². The van der Waals surface area contributed by atoms with Crippen LogP contribution in [-0.4, -0.2) is 24.2 Å². The molecule has 0 radical (unpaired) electrons. The number of unbranched alkanes of at least 4 members (excludes halogenated alkanes) is 2. The van der Waals surface area contributed by atoms with E-state index < -0.39 is 10.1 Å². The molecule has 1 unspecified atom stereocenters. The summed E-state index contributed by atoms with van der Waals surface area (Å²) in [5.41, 5.74) is 0.956. The molecule has 0 heterocycles. The second-order valence-electron chi connectivity index (χ2n) is 4.63. The first-order chi connectivity index (χ1) is 8.77. The molecule has 0 aliphatic heterocycles. The minimum absolute atomic E-state index is 0.0666. The van der Waals surface area contributed by atoms with Crippen molar-refractivity contribution in [3.05, 3.63) is 29.8 Å². The summed E-state index contributed by atoms with van der Waals surface area (Å²) in [4.78, 5) is -0.0666. The molecule has 1 aromatic rings. The third-order valence-electron chi connectivity index (χ3n) is 2.54. The lowest BCUT2D eigenvalue weighted by Gasteiger charge is -2.00. The van der Waals surface area contributed by atoms with E-state index in [0.29, 0.717) is 0 Å². The maximum absolute atomic E-state index is 10.5. The monoisotopic (exact) mass is 288 g/mol. The highest BCUT2D eigenvalue weighted by Gasteiger charge is 2.06. The molecule has 0 aromatic heterocycles. The van der Waals surface area contributed by atoms with E-state index in [1.807, 2.05) is 13.8 Å². The van der Waals surface area contributed by atoms with Gasteiger partial charge in [0.05, 0.1) is 11.0 Å². The first-order valence-corrected chi connectivity index (χ1v) is 7.93. The van der Waals surface area contributed by atoms with E-state index in [4.69, 9.17) is 9.66 Å². The third-order valence-corrected chi connectivity index (χ3v) is 3.41. The Balaban J connectivity index is 0.000000362. The first-order valence-electron chi connectivity index (χ1n) is 6.49. The van der Waals surface area contributed by atoms with Gasteiger partial charge in [0.15, 0.2) is 0 Å². The molecular formula is C14H24O4S. The van der Waals surface area contributed by atoms with Crippen molar-refractivity contribution in [2.24, 2.45) is 0 Å². The Kier molecular flexibility index (Phi) is 8.63. The molecule has 0 bridgehead atoms. The zero-order chi connectivity index (χ0) is 14.9. The molecule has 0 spiro atoms. The number of hydrogen-bond acceptors (Lipinski definition) is 3. The number of hydrogen-bond donors (Lipinski definition) is 2. The molecule has 0 saturated heterocycles. The third kappa shape index (κ3) is 9.64. The van der Waals surface area contributed by atoms with E-state index in [1.54, 1.807) is 12.1 Å². The van der Waals surface area contributed by atoms with Crippen molar-refractivity contribution >= 4 is 10.1 Å². The lowest BCUT2D eigenvalue weighted by molar-refractivity contribution is 0.180. The second kappa shape index (κ2) is 9.07. The molecule has 0 saturated carbocycles. The topological polar surface area (TPSA) is 74.6 Å². The van der Waals surface area contributed by atoms with Crippen LogP contribution in [0.1, 0.15) is 45.1 Å². The van der Waals surface area contributed by atoms with Crippen molar-refractivity contribution in [1.82, 2.24) is 0 Å². The van der Waals surface area contributed by atoms with Crippen molar-refractivity contribution in [1.29, 1.82) is 0 Å². The van der Waals surface area contributed by atoms with Gasteiger partial charge in [-0.15, -0.1) is 0 Å². The van der Waals surface area contributed by atoms with Gasteiger partial charge in [-0.05, 0) is 32.4 Å². The molecule has 0 aliphatic rings. The Bertz CT molecular complexity index is 435. The average molecular weight is 288 g/mol. The van der Waals surface area contributed by atoms with Gasteiger partial charge in [0.1, 0.15) is 0 Å². The van der Waals surface area contributed by atoms with Crippen molar-refractivity contribution in [3.63, 3.8) is 0 Å². The summed E-state index contributed by atoms with van der Waals surface area (Å²) in [5.74, 6) is 0. The fourth-order valence-electron chi connectivity index (χ4n) is 1.40. The first kappa shape index (κ1) is 18.1. The Morgan fingerprint density at radius 1 is 1.16 bits per heavy atom. The van der Waals surface area contributed by atoms with E-state index in [9.17, 15) is 8.42 Å². The standard InChI is InChI=1S/C7H8O3S.C7H16O/c1-6-2-4-7(5-3-6)11(8,9)10;1-3-4-5-6-7(2)8/h2-5H,1H3,(H,8,9,10);7-8H,3-6H2,1-2H3. The summed E-state index contributed by atoms with van der Waals surface area (Å²) >= 11 is 0. The van der Waals surface area contributed by atoms with Crippen LogP contribution in [0.2, 0.25) is 0 Å². The Morgan fingerprint density at radius 2 is 1.68 bits per heavy atom. The molecule has 110 valence electrons. The molecule has 0 amide bonds. The maximum atomic E-state index is 10.5. The Hall–Kier alpha value is -0.910. The van der Waals surface area contributed by atoms with Crippen LogP contribution in [0.3, 0.4) is 0 Å². The molecule has 1 aromatic carbocycles. The van der Waals surface area contributed by atoms with Gasteiger partial charge in [-0.1, -0.05) is 43.9 Å². The highest BCUT2D eigenvalue weighted by atomic mass is 32.2. The fourth-order valence-corrected chi connectivity index (χ4v) is 1.88. The molecule has 4 nitrogen and oxygen atoms in total. The lowest BCUT2D eigenvalue weighted by atomic mass is 10.1. The van der Waals surface area contributed by atoms with Gasteiger partial charge in [0.25, 0.3) is 10.1 Å². The summed E-state index contributed by atoms with van der Waals surface area (Å²) in [6.07, 6.45) is 4.54. The summed E-state index contributed by atoms with van der Waals surface area (Å²) < 4.78 is 29.6. The van der Waals surface area contributed by atoms with Crippen LogP contribution in [-0.2, 0) is 10.1 Å². The van der Waals surface area contributed by atoms with Crippen LogP contribution < -0.4 is 0 Å². The largest absolute Gasteiger partial charge is 0.393 e. The van der Waals surface area contributed by atoms with Crippen LogP contribution in [0.4, 0.5) is 0 Å². The number of aryl methyl sites for hydroxylation is 1. The summed E-state index contributed by atoms with van der Waals surface area (Å²) in [6, 6.07) is 5.99. The van der Waals surface area contributed by atoms with E-state index in [-0.39, 0.29) is 11.0 Å². The van der Waals surface area contributed by atoms with Gasteiger partial charge in [-0.2, -0.15) is 8.42 Å². The van der Waals surface area contributed by atoms with E-state index in [1.165, 1.54) is 31.4 Å². The van der Waals surface area contributed by atoms with Crippen molar-refractivity contribution in [2.75, 3.05) is 0 Å². The van der Waals surface area contributed by atoms with Crippen LogP contribution in [0.5, 0.6) is 0 Å². The van der Waals surface area contributed by atoms with E-state index in [0.717, 1.165) is 12.0 Å². The Labute approximate surface area is 116 Å². The number of aliphatic hydroxyl groups excluding tert-OH is 1. The highest BCUT2D eigenvalue weighted by Crippen LogP contribution is 2.08. The zero-order valence-corrected chi connectivity index (χ0v) is 12.7. The van der Waals surface area contributed by atoms with Crippen molar-refractivity contribution in [3.8, 4) is 0 Å². The quantitative estimate of drug-likeness (QED) is 0.644. The van der Waals surface area contributed by atoms with Crippen LogP contribution in [0.15, 0.2) is 29.2 Å². The predicted octanol–water partition coefficient (Wildman–Crippen LogP) is 3.19. The predicted molar refractivity (Wildman–Crippen MR) is 76.8 cm³/mol. The molecule has 1 rings (SSSR count). The molecular weight excluding hydrogens is 264 g/mol. The van der Waals surface area contributed by atoms with Crippen molar-refractivity contribution < 1.29 is 18.1 Å². The fraction of sp³-hybridized carbons (Fsp3) is 0.571. The van der Waals surface area contributed by atoms with Crippen LogP contribution in [0, 0.1) is 6.92 Å². The maximum Gasteiger partial charge on any atom is 0.294 e. The minimum atomic E-state index is -4.02. The van der Waals surface area contributed by atoms with Gasteiger partial charge < -0.3 is 5.11 Å². The van der Waals surface area contributed by atoms with E-state index >= 15 is 0 Å². The van der Waals surface area contributed by atoms with Gasteiger partial charge in [0.2, 0.25) is 0 Å². The van der Waals surface area contributed by atoms with Gasteiger partial charge in [-0.3, -0.25) is 4.55 Å². The molecule has 19 heavy (non-hydrogen) atoms. The Morgan fingerprint density at radius 3 is 2.05 bits per heavy atom. The summed E-state index contributed by atoms with van der Waals surface area (Å²) in [7, 11) is -4.02. The molecule has 0 fully saturated rings. The van der Waals surface area contributed by atoms with Gasteiger partial charge in [-0.25, -0.2) is 0 Å². The van der Waals surface area contributed by atoms with Gasteiger partial charge >= 0.3 is 0 Å². The highest BCUT2D eigenvalue weighted by molar-refractivity contribution is 7.85. The normalized spacial score (nSPS) is 12.5. The molecule has 1 atom stereocenters. The molecule has 0 aliphatic carbocycles. The lowest BCUT2D eigenvalue weighted by Crippen LogP contribution is -1.97. The molecule has 2 N–H and O–H groups in total. The SMILES string of the molecule is CCCCCC(C)O.Cc1ccc(S(=O)(=O)O)cc1. The number of benzene rings is 1. The minimum Gasteiger partial charge on any atom is -0.393 e. The van der Waals surface area contributed by atoms with E-state index in [2.05, 4.69) is 6.92 Å². The summed E-state index contributed by atoms with van der Waals surface area (Å²) in [6.45, 7) is 5.85. The van der Waals surface area contributed by atoms with Crippen LogP contribution in [0.25, 0.3) is 0 Å².